The summed E-state index contributed by atoms with van der Waals surface area (Å²) in [4.78, 5) is 21.3. The smallest absolute Gasteiger partial charge is 0.872 e. The summed E-state index contributed by atoms with van der Waals surface area (Å²) in [6.07, 6.45) is -19.3. The monoisotopic (exact) mass is 653 g/mol. The zero-order valence-electron chi connectivity index (χ0n) is 20.1. The fourth-order valence-corrected chi connectivity index (χ4v) is 2.73. The topological polar surface area (TPSA) is 80.3 Å². The van der Waals surface area contributed by atoms with E-state index in [1.54, 1.807) is 0 Å². The quantitative estimate of drug-likeness (QED) is 0.230. The molecule has 227 valence electrons. The molecule has 0 bridgehead atoms. The Balaban J connectivity index is 0.000000762. The van der Waals surface area contributed by atoms with Gasteiger partial charge in [0.25, 0.3) is 0 Å². The van der Waals surface area contributed by atoms with Gasteiger partial charge in [0, 0.05) is 0 Å². The fourth-order valence-electron chi connectivity index (χ4n) is 2.73. The average molecular weight is 653 g/mol. The van der Waals surface area contributed by atoms with Crippen LogP contribution in [0, 0.1) is 0 Å². The van der Waals surface area contributed by atoms with Crippen molar-refractivity contribution in [2.45, 2.75) is 38.6 Å². The number of alkyl halides is 12. The standard InChI is InChI=1S/2C12H8F6O2.Co/c2*1-6(19)2-10(20)7-3-8(11(13,14)15)5-9(4-7)12(16,17)18;/h2*2-5,20H,1H3;/q;;+2/p-2/b2*10-2-;. The van der Waals surface area contributed by atoms with Crippen LogP contribution in [0.15, 0.2) is 48.6 Å². The molecule has 0 aromatic heterocycles. The minimum Gasteiger partial charge on any atom is -0.872 e. The maximum absolute atomic E-state index is 12.5. The Morgan fingerprint density at radius 2 is 0.707 bits per heavy atom. The fraction of sp³-hybridized carbons (Fsp3) is 0.250. The van der Waals surface area contributed by atoms with Crippen LogP contribution in [0.2, 0.25) is 0 Å². The van der Waals surface area contributed by atoms with Gasteiger partial charge in [-0.3, -0.25) is 9.59 Å². The SMILES string of the molecule is CC(=O)/C=C(\[O-])c1cc(C(F)(F)F)cc(C(F)(F)F)c1.CC(=O)/C=C(\[O-])c1cc(C(F)(F)F)cc(C(F)(F)F)c1.[Co+2]. The van der Waals surface area contributed by atoms with Crippen LogP contribution < -0.4 is 10.2 Å². The number of carbonyl (C=O) groups excluding carboxylic acids is 2. The molecule has 41 heavy (non-hydrogen) atoms. The first-order valence-electron chi connectivity index (χ1n) is 10.2. The van der Waals surface area contributed by atoms with E-state index in [1.807, 2.05) is 0 Å². The molecule has 0 amide bonds. The summed E-state index contributed by atoms with van der Waals surface area (Å²) in [5, 5.41) is 22.8. The summed E-state index contributed by atoms with van der Waals surface area (Å²) in [6, 6.07) is 0.914. The number of rotatable bonds is 4. The van der Waals surface area contributed by atoms with Gasteiger partial charge < -0.3 is 10.2 Å². The summed E-state index contributed by atoms with van der Waals surface area (Å²) >= 11 is 0. The van der Waals surface area contributed by atoms with Gasteiger partial charge >= 0.3 is 41.5 Å². The van der Waals surface area contributed by atoms with Crippen LogP contribution in [0.4, 0.5) is 52.7 Å². The summed E-state index contributed by atoms with van der Waals surface area (Å²) < 4.78 is 150. The third kappa shape index (κ3) is 11.9. The van der Waals surface area contributed by atoms with Gasteiger partial charge in [0.1, 0.15) is 0 Å². The number of halogens is 12. The second-order valence-electron chi connectivity index (χ2n) is 7.83. The van der Waals surface area contributed by atoms with Crippen molar-refractivity contribution in [3.63, 3.8) is 0 Å². The van der Waals surface area contributed by atoms with Crippen LogP contribution in [-0.4, -0.2) is 11.6 Å². The molecule has 0 aliphatic carbocycles. The molecular weight excluding hydrogens is 639 g/mol. The van der Waals surface area contributed by atoms with Crippen LogP contribution in [0.3, 0.4) is 0 Å². The van der Waals surface area contributed by atoms with Crippen molar-refractivity contribution < 1.29 is 89.3 Å². The Labute approximate surface area is 233 Å². The molecule has 0 aliphatic rings. The van der Waals surface area contributed by atoms with Crippen LogP contribution >= 0.6 is 0 Å². The van der Waals surface area contributed by atoms with Crippen molar-refractivity contribution >= 4 is 23.1 Å². The van der Waals surface area contributed by atoms with Crippen LogP contribution in [0.25, 0.3) is 11.5 Å². The summed E-state index contributed by atoms with van der Waals surface area (Å²) in [5.74, 6) is -3.98. The molecule has 2 aromatic carbocycles. The molecule has 0 unspecified atom stereocenters. The van der Waals surface area contributed by atoms with E-state index in [9.17, 15) is 72.5 Å². The predicted octanol–water partition coefficient (Wildman–Crippen LogP) is 6.03. The average Bonchev–Trinajstić information content (AvgIpc) is 2.75. The van der Waals surface area contributed by atoms with Gasteiger partial charge in [-0.2, -0.15) is 52.7 Å². The first kappa shape index (κ1) is 37.5. The first-order chi connectivity index (χ1) is 17.8. The van der Waals surface area contributed by atoms with E-state index in [1.165, 1.54) is 0 Å². The van der Waals surface area contributed by atoms with Gasteiger partial charge in [-0.25, -0.2) is 0 Å². The van der Waals surface area contributed by atoms with E-state index in [2.05, 4.69) is 0 Å². The largest absolute Gasteiger partial charge is 2.00 e. The van der Waals surface area contributed by atoms with Crippen molar-refractivity contribution in [1.82, 2.24) is 0 Å². The molecule has 2 aromatic rings. The Kier molecular flexibility index (Phi) is 12.3. The minimum absolute atomic E-state index is 0. The Hall–Kier alpha value is -3.47. The van der Waals surface area contributed by atoms with E-state index < -0.39 is 81.2 Å². The number of carbonyl (C=O) groups is 2. The number of hydrogen-bond donors (Lipinski definition) is 0. The summed E-state index contributed by atoms with van der Waals surface area (Å²) in [6.45, 7) is 1.91. The molecule has 0 spiro atoms. The van der Waals surface area contributed by atoms with E-state index in [0.29, 0.717) is 12.2 Å². The van der Waals surface area contributed by atoms with Gasteiger partial charge in [0.05, 0.1) is 22.3 Å². The van der Waals surface area contributed by atoms with Crippen LogP contribution in [0.1, 0.15) is 47.2 Å². The van der Waals surface area contributed by atoms with Gasteiger partial charge in [0.15, 0.2) is 11.6 Å². The Morgan fingerprint density at radius 1 is 0.512 bits per heavy atom. The minimum atomic E-state index is -5.04. The molecule has 0 N–H and O–H groups in total. The van der Waals surface area contributed by atoms with Gasteiger partial charge in [-0.15, -0.1) is 0 Å². The normalized spacial score (nSPS) is 13.1. The number of benzene rings is 2. The number of allylic oxidation sites excluding steroid dienone is 2. The third-order valence-electron chi connectivity index (χ3n) is 4.41. The van der Waals surface area contributed by atoms with Gasteiger partial charge in [-0.05, 0) is 73.5 Å². The molecule has 0 atom stereocenters. The molecule has 4 nitrogen and oxygen atoms in total. The van der Waals surface area contributed by atoms with E-state index in [0.717, 1.165) is 13.8 Å². The molecule has 0 saturated heterocycles. The molecule has 2 rings (SSSR count). The number of ketones is 2. The molecule has 0 saturated carbocycles. The van der Waals surface area contributed by atoms with E-state index >= 15 is 0 Å². The summed E-state index contributed by atoms with van der Waals surface area (Å²) in [5.41, 5.74) is -8.11. The maximum atomic E-state index is 12.5. The molecular formula is C24H14CoF12O4. The first-order valence-corrected chi connectivity index (χ1v) is 10.2. The van der Waals surface area contributed by atoms with Gasteiger partial charge in [-0.1, -0.05) is 11.5 Å². The van der Waals surface area contributed by atoms with E-state index in [-0.39, 0.29) is 53.2 Å². The zero-order valence-corrected chi connectivity index (χ0v) is 21.2. The maximum Gasteiger partial charge on any atom is 2.00 e. The second-order valence-corrected chi connectivity index (χ2v) is 7.83. The van der Waals surface area contributed by atoms with Crippen molar-refractivity contribution in [2.75, 3.05) is 0 Å². The Bertz CT molecular complexity index is 1150. The van der Waals surface area contributed by atoms with Crippen molar-refractivity contribution in [1.29, 1.82) is 0 Å². The van der Waals surface area contributed by atoms with E-state index in [4.69, 9.17) is 0 Å². The van der Waals surface area contributed by atoms with Crippen molar-refractivity contribution in [3.05, 3.63) is 81.9 Å². The van der Waals surface area contributed by atoms with Crippen molar-refractivity contribution in [3.8, 4) is 0 Å². The predicted molar refractivity (Wildman–Crippen MR) is 110 cm³/mol. The zero-order chi connectivity index (χ0) is 31.4. The second kappa shape index (κ2) is 13.5. The molecule has 1 radical (unpaired) electrons. The molecule has 0 aliphatic heterocycles. The summed E-state index contributed by atoms with van der Waals surface area (Å²) in [7, 11) is 0. The van der Waals surface area contributed by atoms with Gasteiger partial charge in [0.2, 0.25) is 0 Å². The molecule has 17 heteroatoms. The third-order valence-corrected chi connectivity index (χ3v) is 4.41. The van der Waals surface area contributed by atoms with Crippen LogP contribution in [0.5, 0.6) is 0 Å². The van der Waals surface area contributed by atoms with Crippen LogP contribution in [-0.2, 0) is 51.1 Å². The number of hydrogen-bond acceptors (Lipinski definition) is 4. The molecule has 0 heterocycles. The Morgan fingerprint density at radius 3 is 0.854 bits per heavy atom. The van der Waals surface area contributed by atoms with Crippen molar-refractivity contribution in [2.24, 2.45) is 0 Å². The molecule has 0 fully saturated rings.